The van der Waals surface area contributed by atoms with Gasteiger partial charge in [-0.1, -0.05) is 13.0 Å². The fraction of sp³-hybridized carbons (Fsp3) is 0.389. The van der Waals surface area contributed by atoms with Crippen molar-refractivity contribution in [3.8, 4) is 5.75 Å². The second-order valence-electron chi connectivity index (χ2n) is 6.05. The lowest BCUT2D eigenvalue weighted by atomic mass is 10.1. The zero-order valence-corrected chi connectivity index (χ0v) is 14.6. The number of carbonyl (C=O) groups excluding carboxylic acids is 2. The van der Waals surface area contributed by atoms with E-state index in [4.69, 9.17) is 9.15 Å². The number of hydrogen-bond donors (Lipinski definition) is 0. The molecular weight excluding hydrogens is 341 g/mol. The maximum atomic E-state index is 13.1. The third-order valence-corrected chi connectivity index (χ3v) is 4.29. The number of halogens is 1. The number of ether oxygens (including phenoxy) is 1. The third-order valence-electron chi connectivity index (χ3n) is 4.29. The second kappa shape index (κ2) is 7.55. The summed E-state index contributed by atoms with van der Waals surface area (Å²) < 4.78 is 23.8. The Kier molecular flexibility index (Phi) is 5.20. The molecular formula is C18H20FN3O4. The van der Waals surface area contributed by atoms with Crippen LogP contribution in [0.3, 0.4) is 0 Å². The van der Waals surface area contributed by atoms with Crippen LogP contribution in [-0.2, 0) is 11.4 Å². The van der Waals surface area contributed by atoms with E-state index in [2.05, 4.69) is 4.98 Å². The van der Waals surface area contributed by atoms with E-state index in [1.807, 2.05) is 6.92 Å². The Labute approximate surface area is 150 Å². The molecule has 3 rings (SSSR count). The monoisotopic (exact) mass is 361 g/mol. The SMILES string of the molecule is CC[C@@H]1C(=O)N(C)CCN1C(=O)c1coc(COc2cccc(F)c2)n1. The minimum Gasteiger partial charge on any atom is -0.484 e. The molecule has 0 N–H and O–H groups in total. The average molecular weight is 361 g/mol. The van der Waals surface area contributed by atoms with Crippen LogP contribution in [0.5, 0.6) is 5.75 Å². The Balaban J connectivity index is 1.67. The molecule has 0 radical (unpaired) electrons. The van der Waals surface area contributed by atoms with Gasteiger partial charge < -0.3 is 19.0 Å². The minimum atomic E-state index is -0.495. The zero-order valence-electron chi connectivity index (χ0n) is 14.6. The van der Waals surface area contributed by atoms with E-state index >= 15 is 0 Å². The predicted octanol–water partition coefficient (Wildman–Crippen LogP) is 2.09. The largest absolute Gasteiger partial charge is 0.484 e. The zero-order chi connectivity index (χ0) is 18.7. The van der Waals surface area contributed by atoms with E-state index in [-0.39, 0.29) is 30.0 Å². The van der Waals surface area contributed by atoms with E-state index in [9.17, 15) is 14.0 Å². The molecule has 8 heteroatoms. The van der Waals surface area contributed by atoms with Crippen molar-refractivity contribution < 1.29 is 23.1 Å². The van der Waals surface area contributed by atoms with Gasteiger partial charge in [0.25, 0.3) is 5.91 Å². The number of nitrogens with zero attached hydrogens (tertiary/aromatic N) is 3. The van der Waals surface area contributed by atoms with Gasteiger partial charge in [0.15, 0.2) is 12.3 Å². The summed E-state index contributed by atoms with van der Waals surface area (Å²) in [4.78, 5) is 32.2. The smallest absolute Gasteiger partial charge is 0.276 e. The fourth-order valence-electron chi connectivity index (χ4n) is 2.87. The molecule has 2 heterocycles. The number of aromatic nitrogens is 1. The van der Waals surface area contributed by atoms with E-state index in [1.54, 1.807) is 18.0 Å². The van der Waals surface area contributed by atoms with Crippen molar-refractivity contribution in [3.05, 3.63) is 47.9 Å². The quantitative estimate of drug-likeness (QED) is 0.815. The van der Waals surface area contributed by atoms with Crippen molar-refractivity contribution in [1.29, 1.82) is 0 Å². The highest BCUT2D eigenvalue weighted by molar-refractivity contribution is 5.96. The van der Waals surface area contributed by atoms with Crippen molar-refractivity contribution in [2.24, 2.45) is 0 Å². The highest BCUT2D eigenvalue weighted by atomic mass is 19.1. The standard InChI is InChI=1S/C18H20FN3O4/c1-3-15-18(24)21(2)7-8-22(15)17(23)14-10-26-16(20-14)11-25-13-6-4-5-12(19)9-13/h4-6,9-10,15H,3,7-8,11H2,1-2H3/t15-/m1/s1. The molecule has 1 aromatic carbocycles. The number of rotatable bonds is 5. The molecule has 1 fully saturated rings. The Bertz CT molecular complexity index is 807. The first-order chi connectivity index (χ1) is 12.5. The summed E-state index contributed by atoms with van der Waals surface area (Å²) in [5, 5.41) is 0. The van der Waals surface area contributed by atoms with Crippen molar-refractivity contribution in [2.45, 2.75) is 26.0 Å². The molecule has 0 saturated carbocycles. The average Bonchev–Trinajstić information content (AvgIpc) is 3.10. The molecule has 26 heavy (non-hydrogen) atoms. The highest BCUT2D eigenvalue weighted by Gasteiger charge is 2.36. The molecule has 138 valence electrons. The van der Waals surface area contributed by atoms with Crippen molar-refractivity contribution >= 4 is 11.8 Å². The Hall–Kier alpha value is -2.90. The van der Waals surface area contributed by atoms with E-state index in [0.29, 0.717) is 25.3 Å². The molecule has 7 nitrogen and oxygen atoms in total. The van der Waals surface area contributed by atoms with Crippen LogP contribution in [0, 0.1) is 5.82 Å². The van der Waals surface area contributed by atoms with Crippen LogP contribution < -0.4 is 4.74 Å². The summed E-state index contributed by atoms with van der Waals surface area (Å²) >= 11 is 0. The minimum absolute atomic E-state index is 0.0321. The lowest BCUT2D eigenvalue weighted by Crippen LogP contribution is -2.57. The van der Waals surface area contributed by atoms with Crippen LogP contribution in [0.15, 0.2) is 34.9 Å². The van der Waals surface area contributed by atoms with Gasteiger partial charge in [0.1, 0.15) is 23.9 Å². The molecule has 1 aromatic heterocycles. The van der Waals surface area contributed by atoms with Gasteiger partial charge in [-0.3, -0.25) is 9.59 Å². The molecule has 2 amide bonds. The molecule has 2 aromatic rings. The number of hydrogen-bond acceptors (Lipinski definition) is 5. The fourth-order valence-corrected chi connectivity index (χ4v) is 2.87. The summed E-state index contributed by atoms with van der Waals surface area (Å²) in [6.07, 6.45) is 1.78. The molecule has 0 aliphatic carbocycles. The maximum Gasteiger partial charge on any atom is 0.276 e. The molecule has 1 aliphatic rings. The van der Waals surface area contributed by atoms with Gasteiger partial charge in [-0.2, -0.15) is 0 Å². The lowest BCUT2D eigenvalue weighted by Gasteiger charge is -2.38. The Morgan fingerprint density at radius 1 is 1.42 bits per heavy atom. The first-order valence-corrected chi connectivity index (χ1v) is 8.38. The highest BCUT2D eigenvalue weighted by Crippen LogP contribution is 2.18. The van der Waals surface area contributed by atoms with Gasteiger partial charge in [0.2, 0.25) is 11.8 Å². The van der Waals surface area contributed by atoms with Crippen molar-refractivity contribution in [3.63, 3.8) is 0 Å². The lowest BCUT2D eigenvalue weighted by molar-refractivity contribution is -0.138. The number of likely N-dealkylation sites (N-methyl/N-ethyl adjacent to an activating group) is 1. The Morgan fingerprint density at radius 3 is 2.96 bits per heavy atom. The summed E-state index contributed by atoms with van der Waals surface area (Å²) in [7, 11) is 1.73. The van der Waals surface area contributed by atoms with E-state index in [0.717, 1.165) is 0 Å². The van der Waals surface area contributed by atoms with Crippen LogP contribution in [0.1, 0.15) is 29.7 Å². The number of carbonyl (C=O) groups is 2. The molecule has 1 atom stereocenters. The molecule has 0 unspecified atom stereocenters. The molecule has 0 spiro atoms. The Morgan fingerprint density at radius 2 is 2.23 bits per heavy atom. The maximum absolute atomic E-state index is 13.1. The number of piperazine rings is 1. The van der Waals surface area contributed by atoms with Gasteiger partial charge in [0.05, 0.1) is 0 Å². The van der Waals surface area contributed by atoms with Crippen LogP contribution in [0.2, 0.25) is 0 Å². The van der Waals surface area contributed by atoms with Crippen LogP contribution in [0.4, 0.5) is 4.39 Å². The summed E-state index contributed by atoms with van der Waals surface area (Å²) in [5.74, 6) is -0.293. The summed E-state index contributed by atoms with van der Waals surface area (Å²) in [5.41, 5.74) is 0.124. The first kappa shape index (κ1) is 17.9. The van der Waals surface area contributed by atoms with Gasteiger partial charge in [-0.25, -0.2) is 9.37 Å². The van der Waals surface area contributed by atoms with Crippen LogP contribution >= 0.6 is 0 Å². The normalized spacial score (nSPS) is 17.5. The first-order valence-electron chi connectivity index (χ1n) is 8.38. The summed E-state index contributed by atoms with van der Waals surface area (Å²) in [6.45, 7) is 2.76. The number of benzene rings is 1. The van der Waals surface area contributed by atoms with E-state index < -0.39 is 11.9 Å². The topological polar surface area (TPSA) is 75.9 Å². The van der Waals surface area contributed by atoms with Gasteiger partial charge >= 0.3 is 0 Å². The second-order valence-corrected chi connectivity index (χ2v) is 6.05. The van der Waals surface area contributed by atoms with Gasteiger partial charge in [0, 0.05) is 26.2 Å². The van der Waals surface area contributed by atoms with Crippen LogP contribution in [-0.4, -0.2) is 52.8 Å². The number of amides is 2. The third kappa shape index (κ3) is 3.68. The van der Waals surface area contributed by atoms with Crippen molar-refractivity contribution in [2.75, 3.05) is 20.1 Å². The van der Waals surface area contributed by atoms with Crippen molar-refractivity contribution in [1.82, 2.24) is 14.8 Å². The predicted molar refractivity (Wildman–Crippen MR) is 90.0 cm³/mol. The van der Waals surface area contributed by atoms with E-state index in [1.165, 1.54) is 29.4 Å². The summed E-state index contributed by atoms with van der Waals surface area (Å²) in [6, 6.07) is 5.21. The van der Waals surface area contributed by atoms with Gasteiger partial charge in [-0.15, -0.1) is 0 Å². The van der Waals surface area contributed by atoms with Crippen LogP contribution in [0.25, 0.3) is 0 Å². The molecule has 0 bridgehead atoms. The van der Waals surface area contributed by atoms with Gasteiger partial charge in [-0.05, 0) is 18.6 Å². The number of oxazole rings is 1. The molecule has 1 aliphatic heterocycles. The molecule has 1 saturated heterocycles.